The molecular weight excluding hydrogens is 407 g/mol. The Morgan fingerprint density at radius 1 is 1.22 bits per heavy atom. The van der Waals surface area contributed by atoms with Crippen molar-refractivity contribution >= 4 is 47.0 Å². The fourth-order valence-electron chi connectivity index (χ4n) is 2.70. The van der Waals surface area contributed by atoms with Crippen LogP contribution in [0.2, 0.25) is 10.0 Å². The van der Waals surface area contributed by atoms with Gasteiger partial charge in [0.25, 0.3) is 0 Å². The van der Waals surface area contributed by atoms with E-state index >= 15 is 0 Å². The summed E-state index contributed by atoms with van der Waals surface area (Å²) < 4.78 is 2.00. The molecule has 3 rings (SSSR count). The summed E-state index contributed by atoms with van der Waals surface area (Å²) in [5.41, 5.74) is 3.47. The first-order valence-corrected chi connectivity index (χ1v) is 9.49. The van der Waals surface area contributed by atoms with Gasteiger partial charge in [0.2, 0.25) is 5.16 Å². The number of benzene rings is 1. The van der Waals surface area contributed by atoms with E-state index < -0.39 is 5.97 Å². The lowest BCUT2D eigenvalue weighted by molar-refractivity contribution is -0.131. The van der Waals surface area contributed by atoms with E-state index in [0.717, 1.165) is 34.4 Å². The molecule has 140 valence electrons. The molecule has 0 atom stereocenters. The van der Waals surface area contributed by atoms with Crippen LogP contribution in [-0.2, 0) is 4.79 Å². The van der Waals surface area contributed by atoms with Gasteiger partial charge in [-0.2, -0.15) is 0 Å². The predicted molar refractivity (Wildman–Crippen MR) is 108 cm³/mol. The van der Waals surface area contributed by atoms with Crippen molar-refractivity contribution in [1.29, 1.82) is 0 Å². The van der Waals surface area contributed by atoms with E-state index in [2.05, 4.69) is 15.2 Å². The molecule has 0 radical (unpaired) electrons. The standard InChI is InChI=1S/C18H16Cl2N4O2S/c1-9-6-12(7-16(17(25)26)27-18-21-11(3)22-23-18)10(2)24(9)13-4-5-14(19)15(20)8-13/h4-8H,1-3H3,(H,25,26)(H,21,22,23)/b16-7-. The minimum absolute atomic E-state index is 0.128. The topological polar surface area (TPSA) is 83.8 Å². The Kier molecular flexibility index (Phi) is 5.64. The number of hydrogen-bond donors (Lipinski definition) is 2. The molecule has 0 spiro atoms. The van der Waals surface area contributed by atoms with Crippen LogP contribution in [0.25, 0.3) is 11.8 Å². The van der Waals surface area contributed by atoms with Crippen molar-refractivity contribution in [2.24, 2.45) is 0 Å². The minimum atomic E-state index is -1.04. The quantitative estimate of drug-likeness (QED) is 0.444. The number of halogens is 2. The molecule has 2 aromatic heterocycles. The number of carboxylic acids is 1. The number of aromatic nitrogens is 4. The fourth-order valence-corrected chi connectivity index (χ4v) is 3.73. The summed E-state index contributed by atoms with van der Waals surface area (Å²) in [7, 11) is 0. The molecule has 0 saturated heterocycles. The maximum atomic E-state index is 11.7. The third-order valence-electron chi connectivity index (χ3n) is 3.91. The number of aryl methyl sites for hydroxylation is 2. The number of rotatable bonds is 5. The van der Waals surface area contributed by atoms with E-state index in [0.29, 0.717) is 21.0 Å². The molecule has 27 heavy (non-hydrogen) atoms. The van der Waals surface area contributed by atoms with Gasteiger partial charge in [0.1, 0.15) is 10.7 Å². The van der Waals surface area contributed by atoms with Gasteiger partial charge in [-0.3, -0.25) is 5.10 Å². The molecule has 0 aliphatic rings. The highest BCUT2D eigenvalue weighted by Crippen LogP contribution is 2.30. The van der Waals surface area contributed by atoms with Crippen molar-refractivity contribution in [2.75, 3.05) is 0 Å². The summed E-state index contributed by atoms with van der Waals surface area (Å²) in [4.78, 5) is 15.9. The van der Waals surface area contributed by atoms with E-state index in [1.165, 1.54) is 0 Å². The van der Waals surface area contributed by atoms with Gasteiger partial charge in [0.05, 0.1) is 10.0 Å². The molecule has 0 bridgehead atoms. The number of carbonyl (C=O) groups is 1. The number of carboxylic acid groups (broad SMARTS) is 1. The third-order valence-corrected chi connectivity index (χ3v) is 5.52. The molecule has 0 aliphatic carbocycles. The zero-order chi connectivity index (χ0) is 19.7. The highest BCUT2D eigenvalue weighted by molar-refractivity contribution is 8.04. The lowest BCUT2D eigenvalue weighted by Crippen LogP contribution is -2.00. The number of aliphatic carboxylic acids is 1. The highest BCUT2D eigenvalue weighted by Gasteiger charge is 2.16. The van der Waals surface area contributed by atoms with Crippen molar-refractivity contribution in [3.05, 3.63) is 62.0 Å². The Hall–Kier alpha value is -2.22. The molecule has 2 heterocycles. The summed E-state index contributed by atoms with van der Waals surface area (Å²) in [5, 5.41) is 17.5. The van der Waals surface area contributed by atoms with E-state index in [-0.39, 0.29) is 4.91 Å². The predicted octanol–water partition coefficient (Wildman–Crippen LogP) is 5.05. The Morgan fingerprint density at radius 3 is 2.56 bits per heavy atom. The van der Waals surface area contributed by atoms with Crippen molar-refractivity contribution in [3.63, 3.8) is 0 Å². The van der Waals surface area contributed by atoms with E-state index in [9.17, 15) is 9.90 Å². The van der Waals surface area contributed by atoms with Gasteiger partial charge < -0.3 is 9.67 Å². The van der Waals surface area contributed by atoms with Gasteiger partial charge in [0.15, 0.2) is 0 Å². The van der Waals surface area contributed by atoms with Gasteiger partial charge in [-0.05, 0) is 68.4 Å². The average Bonchev–Trinajstić information content (AvgIpc) is 3.13. The molecule has 2 N–H and O–H groups in total. The Morgan fingerprint density at radius 2 is 1.96 bits per heavy atom. The molecule has 6 nitrogen and oxygen atoms in total. The first kappa shape index (κ1) is 19.5. The fraction of sp³-hybridized carbons (Fsp3) is 0.167. The van der Waals surface area contributed by atoms with Crippen molar-refractivity contribution in [1.82, 2.24) is 19.7 Å². The molecule has 9 heteroatoms. The smallest absolute Gasteiger partial charge is 0.342 e. The Bertz CT molecular complexity index is 1060. The monoisotopic (exact) mass is 422 g/mol. The normalized spacial score (nSPS) is 11.8. The molecule has 3 aromatic rings. The zero-order valence-corrected chi connectivity index (χ0v) is 17.1. The van der Waals surface area contributed by atoms with Crippen LogP contribution in [0.1, 0.15) is 22.8 Å². The van der Waals surface area contributed by atoms with Crippen LogP contribution < -0.4 is 0 Å². The number of thioether (sulfide) groups is 1. The molecule has 0 unspecified atom stereocenters. The van der Waals surface area contributed by atoms with Gasteiger partial charge in [-0.15, -0.1) is 5.10 Å². The van der Waals surface area contributed by atoms with Crippen LogP contribution in [-0.4, -0.2) is 30.8 Å². The number of hydrogen-bond acceptors (Lipinski definition) is 4. The van der Waals surface area contributed by atoms with Crippen LogP contribution in [0.15, 0.2) is 34.3 Å². The van der Waals surface area contributed by atoms with Gasteiger partial charge in [-0.1, -0.05) is 23.2 Å². The Labute approximate surface area is 170 Å². The molecule has 0 saturated carbocycles. The SMILES string of the molecule is Cc1nc(S/C(=C\c2cc(C)n(-c3ccc(Cl)c(Cl)c3)c2C)C(=O)O)n[nH]1. The summed E-state index contributed by atoms with van der Waals surface area (Å²) in [6.07, 6.45) is 1.62. The third kappa shape index (κ3) is 4.21. The molecule has 0 aliphatic heterocycles. The lowest BCUT2D eigenvalue weighted by atomic mass is 10.2. The summed E-state index contributed by atoms with van der Waals surface area (Å²) >= 11 is 13.1. The van der Waals surface area contributed by atoms with Gasteiger partial charge in [-0.25, -0.2) is 9.78 Å². The first-order chi connectivity index (χ1) is 12.8. The average molecular weight is 423 g/mol. The number of nitrogens with one attached hydrogen (secondary N) is 1. The molecule has 0 fully saturated rings. The summed E-state index contributed by atoms with van der Waals surface area (Å²) in [6.45, 7) is 5.62. The number of aromatic amines is 1. The van der Waals surface area contributed by atoms with Crippen molar-refractivity contribution in [3.8, 4) is 5.69 Å². The first-order valence-electron chi connectivity index (χ1n) is 7.92. The Balaban J connectivity index is 2.02. The highest BCUT2D eigenvalue weighted by atomic mass is 35.5. The van der Waals surface area contributed by atoms with E-state index in [1.54, 1.807) is 25.1 Å². The second-order valence-electron chi connectivity index (χ2n) is 5.88. The van der Waals surface area contributed by atoms with E-state index in [4.69, 9.17) is 23.2 Å². The van der Waals surface area contributed by atoms with Crippen LogP contribution in [0.4, 0.5) is 0 Å². The van der Waals surface area contributed by atoms with Crippen LogP contribution in [0.3, 0.4) is 0 Å². The maximum Gasteiger partial charge on any atom is 0.342 e. The zero-order valence-electron chi connectivity index (χ0n) is 14.7. The molecule has 0 amide bonds. The minimum Gasteiger partial charge on any atom is -0.477 e. The second-order valence-corrected chi connectivity index (χ2v) is 7.70. The number of H-pyrrole nitrogens is 1. The van der Waals surface area contributed by atoms with Crippen LogP contribution in [0, 0.1) is 20.8 Å². The van der Waals surface area contributed by atoms with Crippen LogP contribution >= 0.6 is 35.0 Å². The second kappa shape index (κ2) is 7.80. The van der Waals surface area contributed by atoms with Crippen molar-refractivity contribution < 1.29 is 9.90 Å². The lowest BCUT2D eigenvalue weighted by Gasteiger charge is -2.10. The molecular formula is C18H16Cl2N4O2S. The van der Waals surface area contributed by atoms with Gasteiger partial charge in [0, 0.05) is 17.1 Å². The van der Waals surface area contributed by atoms with Crippen LogP contribution in [0.5, 0.6) is 0 Å². The van der Waals surface area contributed by atoms with Gasteiger partial charge >= 0.3 is 5.97 Å². The maximum absolute atomic E-state index is 11.7. The largest absolute Gasteiger partial charge is 0.477 e. The molecule has 1 aromatic carbocycles. The number of nitrogens with zero attached hydrogens (tertiary/aromatic N) is 3. The van der Waals surface area contributed by atoms with E-state index in [1.807, 2.05) is 30.5 Å². The van der Waals surface area contributed by atoms with Crippen molar-refractivity contribution in [2.45, 2.75) is 25.9 Å². The summed E-state index contributed by atoms with van der Waals surface area (Å²) in [6, 6.07) is 7.30. The summed E-state index contributed by atoms with van der Waals surface area (Å²) in [5.74, 6) is -0.415.